The Bertz CT molecular complexity index is 876. The molecule has 1 unspecified atom stereocenters. The molecular formula is C20H20Cl2O6. The third kappa shape index (κ3) is 3.89. The number of benzene rings is 1. The summed E-state index contributed by atoms with van der Waals surface area (Å²) in [6.45, 7) is 0.892. The van der Waals surface area contributed by atoms with Gasteiger partial charge in [-0.25, -0.2) is 9.59 Å². The van der Waals surface area contributed by atoms with Crippen molar-refractivity contribution in [3.8, 4) is 5.75 Å². The Morgan fingerprint density at radius 2 is 2.00 bits per heavy atom. The second-order valence-electron chi connectivity index (χ2n) is 7.11. The minimum absolute atomic E-state index is 0.0864. The number of ether oxygens (including phenoxy) is 2. The predicted molar refractivity (Wildman–Crippen MR) is 104 cm³/mol. The van der Waals surface area contributed by atoms with Gasteiger partial charge in [0.05, 0.1) is 5.02 Å². The van der Waals surface area contributed by atoms with Crippen LogP contribution in [0.15, 0.2) is 12.1 Å². The predicted octanol–water partition coefficient (Wildman–Crippen LogP) is 4.09. The summed E-state index contributed by atoms with van der Waals surface area (Å²) < 4.78 is 9.97. The van der Waals surface area contributed by atoms with Gasteiger partial charge in [-0.2, -0.15) is 0 Å². The number of halogens is 2. The molecule has 0 radical (unpaired) electrons. The number of ketones is 1. The van der Waals surface area contributed by atoms with Crippen molar-refractivity contribution in [3.05, 3.63) is 33.3 Å². The Morgan fingerprint density at radius 1 is 1.25 bits per heavy atom. The van der Waals surface area contributed by atoms with E-state index in [1.165, 1.54) is 0 Å². The number of hydrogen-bond acceptors (Lipinski definition) is 5. The summed E-state index contributed by atoms with van der Waals surface area (Å²) in [7, 11) is 0. The number of allylic oxidation sites excluding steroid dienone is 2. The molecule has 1 N–H and O–H groups in total. The van der Waals surface area contributed by atoms with E-state index >= 15 is 0 Å². The summed E-state index contributed by atoms with van der Waals surface area (Å²) in [4.78, 5) is 34.1. The van der Waals surface area contributed by atoms with Crippen LogP contribution in [0.3, 0.4) is 0 Å². The van der Waals surface area contributed by atoms with E-state index in [-0.39, 0.29) is 22.0 Å². The molecule has 2 aliphatic rings. The maximum Gasteiger partial charge on any atom is 0.344 e. The summed E-state index contributed by atoms with van der Waals surface area (Å²) in [5.74, 6) is -1.75. The SMILES string of the molecule is CCCC12CCC(=O)C=C1c1c(cc(OCC(=O)OCC(=O)O)c(Cl)c1Cl)C2. The zero-order chi connectivity index (χ0) is 20.5. The van der Waals surface area contributed by atoms with Gasteiger partial charge in [0.25, 0.3) is 0 Å². The maximum atomic E-state index is 12.0. The fourth-order valence-electron chi connectivity index (χ4n) is 4.10. The third-order valence-corrected chi connectivity index (χ3v) is 6.06. The fraction of sp³-hybridized carbons (Fsp3) is 0.450. The molecule has 28 heavy (non-hydrogen) atoms. The molecule has 1 atom stereocenters. The number of aliphatic carboxylic acids is 1. The van der Waals surface area contributed by atoms with E-state index in [9.17, 15) is 14.4 Å². The summed E-state index contributed by atoms with van der Waals surface area (Å²) in [6, 6.07) is 1.75. The quantitative estimate of drug-likeness (QED) is 0.660. The number of rotatable bonds is 7. The van der Waals surface area contributed by atoms with Crippen LogP contribution in [-0.4, -0.2) is 36.0 Å². The van der Waals surface area contributed by atoms with Gasteiger partial charge in [-0.15, -0.1) is 0 Å². The molecule has 150 valence electrons. The van der Waals surface area contributed by atoms with Gasteiger partial charge >= 0.3 is 11.9 Å². The molecule has 1 aromatic rings. The van der Waals surface area contributed by atoms with E-state index in [1.54, 1.807) is 12.1 Å². The number of carboxylic acids is 1. The Labute approximate surface area is 172 Å². The van der Waals surface area contributed by atoms with Crippen molar-refractivity contribution < 1.29 is 29.0 Å². The molecule has 6 nitrogen and oxygen atoms in total. The average Bonchev–Trinajstić information content (AvgIpc) is 2.95. The summed E-state index contributed by atoms with van der Waals surface area (Å²) in [5.41, 5.74) is 2.53. The summed E-state index contributed by atoms with van der Waals surface area (Å²) in [6.07, 6.45) is 5.62. The molecule has 0 amide bonds. The average molecular weight is 427 g/mol. The summed E-state index contributed by atoms with van der Waals surface area (Å²) in [5, 5.41) is 8.98. The normalized spacial score (nSPS) is 20.2. The Kier molecular flexibility index (Phi) is 6.01. The maximum absolute atomic E-state index is 12.0. The highest BCUT2D eigenvalue weighted by Crippen LogP contribution is 2.58. The fourth-order valence-corrected chi connectivity index (χ4v) is 4.62. The van der Waals surface area contributed by atoms with Gasteiger partial charge in [-0.1, -0.05) is 36.5 Å². The molecule has 0 spiro atoms. The minimum Gasteiger partial charge on any atom is -0.480 e. The molecule has 0 aliphatic heterocycles. The lowest BCUT2D eigenvalue weighted by atomic mass is 9.70. The van der Waals surface area contributed by atoms with Crippen molar-refractivity contribution in [2.24, 2.45) is 5.41 Å². The van der Waals surface area contributed by atoms with Crippen molar-refractivity contribution in [2.75, 3.05) is 13.2 Å². The number of fused-ring (bicyclic) bond motifs is 3. The number of carboxylic acid groups (broad SMARTS) is 1. The van der Waals surface area contributed by atoms with Gasteiger partial charge in [0.2, 0.25) is 0 Å². The Hall–Kier alpha value is -2.05. The van der Waals surface area contributed by atoms with Crippen LogP contribution < -0.4 is 4.74 Å². The highest BCUT2D eigenvalue weighted by molar-refractivity contribution is 6.44. The first-order chi connectivity index (χ1) is 13.3. The van der Waals surface area contributed by atoms with E-state index < -0.39 is 25.2 Å². The Morgan fingerprint density at radius 3 is 2.68 bits per heavy atom. The number of carbonyl (C=O) groups excluding carboxylic acids is 2. The van der Waals surface area contributed by atoms with E-state index in [4.69, 9.17) is 33.0 Å². The van der Waals surface area contributed by atoms with Crippen LogP contribution in [0, 0.1) is 5.41 Å². The zero-order valence-corrected chi connectivity index (χ0v) is 16.9. The molecule has 0 heterocycles. The number of carbonyl (C=O) groups is 3. The van der Waals surface area contributed by atoms with Crippen LogP contribution in [0.2, 0.25) is 10.0 Å². The molecule has 0 saturated carbocycles. The van der Waals surface area contributed by atoms with Gasteiger partial charge in [-0.3, -0.25) is 4.79 Å². The van der Waals surface area contributed by atoms with E-state index in [2.05, 4.69) is 11.7 Å². The zero-order valence-electron chi connectivity index (χ0n) is 15.3. The molecule has 0 aromatic heterocycles. The Balaban J connectivity index is 1.88. The van der Waals surface area contributed by atoms with Crippen LogP contribution in [-0.2, 0) is 25.5 Å². The van der Waals surface area contributed by atoms with Gasteiger partial charge in [0.15, 0.2) is 19.0 Å². The van der Waals surface area contributed by atoms with Crippen LogP contribution >= 0.6 is 23.2 Å². The molecule has 0 bridgehead atoms. The van der Waals surface area contributed by atoms with E-state index in [0.717, 1.165) is 42.4 Å². The van der Waals surface area contributed by atoms with E-state index in [1.807, 2.05) is 0 Å². The lowest BCUT2D eigenvalue weighted by Crippen LogP contribution is -2.25. The minimum atomic E-state index is -1.25. The number of hydrogen-bond donors (Lipinski definition) is 1. The molecular weight excluding hydrogens is 407 g/mol. The standard InChI is InChI=1S/C20H20Cl2O6/c1-2-4-20-5-3-12(23)7-13(20)17-11(8-20)6-14(18(21)19(17)22)27-10-16(26)28-9-15(24)25/h6-7H,2-5,8-10H2,1H3,(H,24,25). The molecule has 3 rings (SSSR count). The van der Waals surface area contributed by atoms with Gasteiger partial charge < -0.3 is 14.6 Å². The lowest BCUT2D eigenvalue weighted by Gasteiger charge is -2.33. The van der Waals surface area contributed by atoms with Crippen LogP contribution in [0.5, 0.6) is 5.75 Å². The summed E-state index contributed by atoms with van der Waals surface area (Å²) >= 11 is 12.9. The van der Waals surface area contributed by atoms with Crippen molar-refractivity contribution in [1.82, 2.24) is 0 Å². The van der Waals surface area contributed by atoms with Crippen molar-refractivity contribution in [1.29, 1.82) is 0 Å². The first-order valence-electron chi connectivity index (χ1n) is 9.04. The van der Waals surface area contributed by atoms with Crippen LogP contribution in [0.1, 0.15) is 43.7 Å². The monoisotopic (exact) mass is 426 g/mol. The first kappa shape index (κ1) is 20.7. The highest BCUT2D eigenvalue weighted by Gasteiger charge is 2.45. The second-order valence-corrected chi connectivity index (χ2v) is 7.87. The van der Waals surface area contributed by atoms with Gasteiger partial charge in [0.1, 0.15) is 10.8 Å². The smallest absolute Gasteiger partial charge is 0.344 e. The second kappa shape index (κ2) is 8.13. The third-order valence-electron chi connectivity index (χ3n) is 5.21. The molecule has 0 fully saturated rings. The lowest BCUT2D eigenvalue weighted by molar-refractivity contribution is -0.156. The molecule has 8 heteroatoms. The topological polar surface area (TPSA) is 89.9 Å². The largest absolute Gasteiger partial charge is 0.480 e. The van der Waals surface area contributed by atoms with Crippen LogP contribution in [0.4, 0.5) is 0 Å². The molecule has 0 saturated heterocycles. The first-order valence-corrected chi connectivity index (χ1v) is 9.79. The van der Waals surface area contributed by atoms with Crippen LogP contribution in [0.25, 0.3) is 5.57 Å². The highest BCUT2D eigenvalue weighted by atomic mass is 35.5. The van der Waals surface area contributed by atoms with Gasteiger partial charge in [0, 0.05) is 17.4 Å². The number of esters is 1. The van der Waals surface area contributed by atoms with Crippen molar-refractivity contribution >= 4 is 46.5 Å². The molecule has 1 aromatic carbocycles. The van der Waals surface area contributed by atoms with Gasteiger partial charge in [-0.05, 0) is 42.5 Å². The molecule has 2 aliphatic carbocycles. The van der Waals surface area contributed by atoms with Crippen molar-refractivity contribution in [2.45, 2.75) is 39.0 Å². The van der Waals surface area contributed by atoms with E-state index in [0.29, 0.717) is 11.4 Å². The van der Waals surface area contributed by atoms with Crippen molar-refractivity contribution in [3.63, 3.8) is 0 Å².